The quantitative estimate of drug-likeness (QED) is 0.881. The largest absolute Gasteiger partial charge is 0.366 e. The zero-order valence-electron chi connectivity index (χ0n) is 13.3. The van der Waals surface area contributed by atoms with Gasteiger partial charge in [-0.25, -0.2) is 4.98 Å². The zero-order valence-corrected chi connectivity index (χ0v) is 13.3. The monoisotopic (exact) mass is 315 g/mol. The maximum atomic E-state index is 12.7. The van der Waals surface area contributed by atoms with E-state index in [4.69, 9.17) is 10.5 Å². The van der Waals surface area contributed by atoms with Gasteiger partial charge in [-0.3, -0.25) is 9.89 Å². The van der Waals surface area contributed by atoms with E-state index in [-0.39, 0.29) is 12.0 Å². The van der Waals surface area contributed by atoms with E-state index < -0.39 is 6.04 Å². The zero-order chi connectivity index (χ0) is 16.4. The number of hydrogen-bond acceptors (Lipinski definition) is 5. The van der Waals surface area contributed by atoms with Gasteiger partial charge in [-0.05, 0) is 19.4 Å². The Morgan fingerprint density at radius 2 is 2.13 bits per heavy atom. The van der Waals surface area contributed by atoms with Crippen molar-refractivity contribution in [2.24, 2.45) is 5.73 Å². The molecule has 7 nitrogen and oxygen atoms in total. The highest BCUT2D eigenvalue weighted by Gasteiger charge is 2.30. The number of nitrogens with zero attached hydrogens (tertiary/aromatic N) is 3. The van der Waals surface area contributed by atoms with Crippen LogP contribution in [-0.2, 0) is 9.53 Å². The van der Waals surface area contributed by atoms with Gasteiger partial charge in [0, 0.05) is 6.54 Å². The van der Waals surface area contributed by atoms with Crippen LogP contribution in [0.3, 0.4) is 0 Å². The lowest BCUT2D eigenvalue weighted by atomic mass is 10.0. The van der Waals surface area contributed by atoms with E-state index in [1.54, 1.807) is 4.90 Å². The molecule has 1 amide bonds. The summed E-state index contributed by atoms with van der Waals surface area (Å²) in [6.45, 7) is 5.22. The normalized spacial score (nSPS) is 19.6. The van der Waals surface area contributed by atoms with Crippen molar-refractivity contribution in [3.63, 3.8) is 0 Å². The summed E-state index contributed by atoms with van der Waals surface area (Å²) in [4.78, 5) is 18.7. The fourth-order valence-electron chi connectivity index (χ4n) is 2.62. The van der Waals surface area contributed by atoms with Crippen molar-refractivity contribution in [1.29, 1.82) is 0 Å². The van der Waals surface area contributed by atoms with E-state index >= 15 is 0 Å². The number of hydrogen-bond donors (Lipinski definition) is 2. The van der Waals surface area contributed by atoms with Crippen molar-refractivity contribution in [2.45, 2.75) is 26.0 Å². The molecule has 0 saturated carbocycles. The van der Waals surface area contributed by atoms with Gasteiger partial charge in [0.15, 0.2) is 5.82 Å². The Balaban J connectivity index is 1.70. The maximum Gasteiger partial charge on any atom is 0.244 e. The molecule has 0 bridgehead atoms. The number of nitrogens with one attached hydrogen (secondary N) is 1. The highest BCUT2D eigenvalue weighted by atomic mass is 16.5. The van der Waals surface area contributed by atoms with Crippen LogP contribution >= 0.6 is 0 Å². The first-order valence-corrected chi connectivity index (χ1v) is 7.66. The first-order chi connectivity index (χ1) is 11.0. The van der Waals surface area contributed by atoms with Crippen LogP contribution in [0, 0.1) is 13.8 Å². The highest BCUT2D eigenvalue weighted by molar-refractivity contribution is 5.83. The number of benzene rings is 1. The van der Waals surface area contributed by atoms with Crippen LogP contribution in [0.25, 0.3) is 0 Å². The van der Waals surface area contributed by atoms with E-state index in [0.29, 0.717) is 25.5 Å². The molecule has 2 unspecified atom stereocenters. The topological polar surface area (TPSA) is 97.1 Å². The number of nitrogens with two attached hydrogens (primary N) is 1. The molecule has 2 heterocycles. The third-order valence-electron chi connectivity index (χ3n) is 3.98. The molecule has 1 aromatic carbocycles. The minimum atomic E-state index is -0.664. The average Bonchev–Trinajstić information content (AvgIpc) is 3.01. The molecule has 1 aliphatic heterocycles. The lowest BCUT2D eigenvalue weighted by Gasteiger charge is -2.33. The molecule has 7 heteroatoms. The van der Waals surface area contributed by atoms with Gasteiger partial charge in [-0.15, -0.1) is 0 Å². The van der Waals surface area contributed by atoms with Crippen molar-refractivity contribution in [1.82, 2.24) is 20.1 Å². The lowest BCUT2D eigenvalue weighted by molar-refractivity contribution is -0.140. The summed E-state index contributed by atoms with van der Waals surface area (Å²) in [6, 6.07) is 7.05. The van der Waals surface area contributed by atoms with Crippen molar-refractivity contribution in [2.75, 3.05) is 19.7 Å². The standard InChI is InChI=1S/C16H21N5O2/c1-10-3-5-12(6-4-10)14(17)16(22)21-7-8-23-13(9-21)15-18-11(2)19-20-15/h3-6,13-14H,7-9,17H2,1-2H3,(H,18,19,20). The summed E-state index contributed by atoms with van der Waals surface area (Å²) in [5, 5.41) is 6.91. The van der Waals surface area contributed by atoms with Crippen LogP contribution in [0.1, 0.15) is 34.9 Å². The number of carbonyl (C=O) groups excluding carboxylic acids is 1. The van der Waals surface area contributed by atoms with Gasteiger partial charge in [0.2, 0.25) is 5.91 Å². The summed E-state index contributed by atoms with van der Waals surface area (Å²) in [7, 11) is 0. The third-order valence-corrected chi connectivity index (χ3v) is 3.98. The van der Waals surface area contributed by atoms with Crippen molar-refractivity contribution in [3.8, 4) is 0 Å². The number of morpholine rings is 1. The molecular formula is C16H21N5O2. The van der Waals surface area contributed by atoms with Gasteiger partial charge in [-0.1, -0.05) is 29.8 Å². The molecule has 0 aliphatic carbocycles. The Morgan fingerprint density at radius 1 is 1.39 bits per heavy atom. The number of H-pyrrole nitrogens is 1. The number of aryl methyl sites for hydroxylation is 2. The van der Waals surface area contributed by atoms with E-state index in [1.807, 2.05) is 38.1 Å². The molecule has 1 saturated heterocycles. The van der Waals surface area contributed by atoms with Crippen LogP contribution < -0.4 is 5.73 Å². The predicted molar refractivity (Wildman–Crippen MR) is 84.5 cm³/mol. The van der Waals surface area contributed by atoms with Gasteiger partial charge in [0.1, 0.15) is 18.0 Å². The second-order valence-corrected chi connectivity index (χ2v) is 5.81. The molecule has 1 aliphatic rings. The van der Waals surface area contributed by atoms with Crippen molar-refractivity contribution in [3.05, 3.63) is 47.0 Å². The first-order valence-electron chi connectivity index (χ1n) is 7.66. The molecule has 122 valence electrons. The molecule has 2 aromatic rings. The van der Waals surface area contributed by atoms with Gasteiger partial charge < -0.3 is 15.4 Å². The fraction of sp³-hybridized carbons (Fsp3) is 0.438. The van der Waals surface area contributed by atoms with E-state index in [9.17, 15) is 4.79 Å². The van der Waals surface area contributed by atoms with Crippen LogP contribution in [0.5, 0.6) is 0 Å². The van der Waals surface area contributed by atoms with E-state index in [0.717, 1.165) is 17.0 Å². The Kier molecular flexibility index (Phi) is 4.40. The third kappa shape index (κ3) is 3.40. The number of aromatic amines is 1. The molecule has 1 aromatic heterocycles. The van der Waals surface area contributed by atoms with Crippen molar-refractivity contribution >= 4 is 5.91 Å². The summed E-state index contributed by atoms with van der Waals surface area (Å²) in [6.07, 6.45) is -0.317. The molecule has 0 spiro atoms. The molecule has 1 fully saturated rings. The summed E-state index contributed by atoms with van der Waals surface area (Å²) in [5.74, 6) is 1.20. The SMILES string of the molecule is Cc1ccc(C(N)C(=O)N2CCOC(c3n[nH]c(C)n3)C2)cc1. The molecule has 23 heavy (non-hydrogen) atoms. The van der Waals surface area contributed by atoms with Crippen molar-refractivity contribution < 1.29 is 9.53 Å². The minimum absolute atomic E-state index is 0.102. The number of rotatable bonds is 3. The molecule has 3 N–H and O–H groups in total. The highest BCUT2D eigenvalue weighted by Crippen LogP contribution is 2.22. The predicted octanol–water partition coefficient (Wildman–Crippen LogP) is 1.02. The molecule has 3 rings (SSSR count). The summed E-state index contributed by atoms with van der Waals surface area (Å²) in [5.41, 5.74) is 8.09. The van der Waals surface area contributed by atoms with E-state index in [2.05, 4.69) is 15.2 Å². The Bertz CT molecular complexity index is 682. The Hall–Kier alpha value is -2.25. The first kappa shape index (κ1) is 15.6. The minimum Gasteiger partial charge on any atom is -0.366 e. The molecule has 2 atom stereocenters. The summed E-state index contributed by atoms with van der Waals surface area (Å²) < 4.78 is 5.68. The number of aromatic nitrogens is 3. The number of amides is 1. The van der Waals surface area contributed by atoms with Crippen LogP contribution in [0.4, 0.5) is 0 Å². The fourth-order valence-corrected chi connectivity index (χ4v) is 2.62. The second-order valence-electron chi connectivity index (χ2n) is 5.81. The van der Waals surface area contributed by atoms with Gasteiger partial charge >= 0.3 is 0 Å². The molecular weight excluding hydrogens is 294 g/mol. The van der Waals surface area contributed by atoms with Crippen LogP contribution in [0.15, 0.2) is 24.3 Å². The molecule has 0 radical (unpaired) electrons. The number of carbonyl (C=O) groups is 1. The van der Waals surface area contributed by atoms with E-state index in [1.165, 1.54) is 0 Å². The smallest absolute Gasteiger partial charge is 0.244 e. The summed E-state index contributed by atoms with van der Waals surface area (Å²) >= 11 is 0. The van der Waals surface area contributed by atoms with Gasteiger partial charge in [0.05, 0.1) is 13.2 Å². The van der Waals surface area contributed by atoms with Gasteiger partial charge in [0.25, 0.3) is 0 Å². The Morgan fingerprint density at radius 3 is 2.78 bits per heavy atom. The maximum absolute atomic E-state index is 12.7. The van der Waals surface area contributed by atoms with Gasteiger partial charge in [-0.2, -0.15) is 5.10 Å². The van der Waals surface area contributed by atoms with Crippen LogP contribution in [0.2, 0.25) is 0 Å². The average molecular weight is 315 g/mol. The Labute approximate surface area is 134 Å². The second kappa shape index (κ2) is 6.47. The lowest BCUT2D eigenvalue weighted by Crippen LogP contribution is -2.46. The van der Waals surface area contributed by atoms with Crippen LogP contribution in [-0.4, -0.2) is 45.7 Å². The number of ether oxygens (including phenoxy) is 1.